The van der Waals surface area contributed by atoms with Crippen molar-refractivity contribution in [2.45, 2.75) is 17.5 Å². The number of hydrogen-bond acceptors (Lipinski definition) is 5. The minimum absolute atomic E-state index is 0.339. The monoisotopic (exact) mass is 493 g/mol. The number of hydrogen-bond donors (Lipinski definition) is 1. The van der Waals surface area contributed by atoms with Crippen LogP contribution in [0.5, 0.6) is 0 Å². The Bertz CT molecular complexity index is 991. The minimum atomic E-state index is -4.68. The number of carbonyl (C=O) groups is 2. The van der Waals surface area contributed by atoms with Crippen LogP contribution in [0, 0.1) is 0 Å². The molecule has 0 radical (unpaired) electrons. The van der Waals surface area contributed by atoms with Crippen molar-refractivity contribution in [1.82, 2.24) is 4.72 Å². The third kappa shape index (κ3) is 6.94. The van der Waals surface area contributed by atoms with Crippen molar-refractivity contribution in [3.05, 3.63) is 64.1 Å². The molecule has 0 amide bonds. The van der Waals surface area contributed by atoms with Crippen LogP contribution in [0.25, 0.3) is 0 Å². The molecule has 0 unspecified atom stereocenters. The standard InChI is InChI=1S/C18H15BrF3NO5S/c19-14-6-4-12(5-7-14)16(24)11-28-17(25)8-9-23-29(26,27)15-3-1-2-13(10-15)18(20,21)22/h1-7,10,23H,8-9,11H2. The van der Waals surface area contributed by atoms with Crippen LogP contribution in [0.3, 0.4) is 0 Å². The largest absolute Gasteiger partial charge is 0.457 e. The molecule has 0 atom stereocenters. The molecule has 0 aromatic heterocycles. The van der Waals surface area contributed by atoms with Gasteiger partial charge in [-0.05, 0) is 30.3 Å². The van der Waals surface area contributed by atoms with E-state index in [-0.39, 0.29) is 0 Å². The lowest BCUT2D eigenvalue weighted by Crippen LogP contribution is -2.27. The molecule has 11 heteroatoms. The predicted molar refractivity (Wildman–Crippen MR) is 101 cm³/mol. The van der Waals surface area contributed by atoms with Crippen molar-refractivity contribution in [3.63, 3.8) is 0 Å². The number of benzene rings is 2. The fourth-order valence-electron chi connectivity index (χ4n) is 2.15. The first-order valence-electron chi connectivity index (χ1n) is 8.10. The summed E-state index contributed by atoms with van der Waals surface area (Å²) in [6.07, 6.45) is -5.08. The average molecular weight is 494 g/mol. The highest BCUT2D eigenvalue weighted by atomic mass is 79.9. The molecule has 156 valence electrons. The highest BCUT2D eigenvalue weighted by Gasteiger charge is 2.31. The van der Waals surface area contributed by atoms with Gasteiger partial charge < -0.3 is 4.74 Å². The van der Waals surface area contributed by atoms with Crippen LogP contribution in [0.1, 0.15) is 22.3 Å². The first-order valence-corrected chi connectivity index (χ1v) is 10.4. The molecule has 1 N–H and O–H groups in total. The molecule has 0 heterocycles. The summed E-state index contributed by atoms with van der Waals surface area (Å²) in [6.45, 7) is -0.912. The second-order valence-electron chi connectivity index (χ2n) is 5.76. The summed E-state index contributed by atoms with van der Waals surface area (Å²) >= 11 is 3.22. The van der Waals surface area contributed by atoms with Gasteiger partial charge in [-0.25, -0.2) is 13.1 Å². The van der Waals surface area contributed by atoms with Crippen molar-refractivity contribution in [3.8, 4) is 0 Å². The van der Waals surface area contributed by atoms with Crippen LogP contribution < -0.4 is 4.72 Å². The zero-order chi connectivity index (χ0) is 21.7. The van der Waals surface area contributed by atoms with Crippen LogP contribution in [-0.2, 0) is 25.7 Å². The van der Waals surface area contributed by atoms with Crippen molar-refractivity contribution < 1.29 is 35.9 Å². The number of ether oxygens (including phenoxy) is 1. The first kappa shape index (κ1) is 23.0. The highest BCUT2D eigenvalue weighted by molar-refractivity contribution is 9.10. The van der Waals surface area contributed by atoms with Crippen molar-refractivity contribution in [2.24, 2.45) is 0 Å². The Hall–Kier alpha value is -2.24. The number of Topliss-reactive ketones (excluding diaryl/α,β-unsaturated/α-hetero) is 1. The summed E-state index contributed by atoms with van der Waals surface area (Å²) < 4.78 is 69.9. The van der Waals surface area contributed by atoms with Crippen molar-refractivity contribution in [1.29, 1.82) is 0 Å². The molecule has 2 aromatic rings. The fraction of sp³-hybridized carbons (Fsp3) is 0.222. The third-order valence-electron chi connectivity index (χ3n) is 3.62. The number of nitrogens with one attached hydrogen (secondary N) is 1. The Morgan fingerprint density at radius 3 is 2.34 bits per heavy atom. The summed E-state index contributed by atoms with van der Waals surface area (Å²) in [5, 5.41) is 0. The van der Waals surface area contributed by atoms with Gasteiger partial charge in [0.25, 0.3) is 0 Å². The number of esters is 1. The van der Waals surface area contributed by atoms with Crippen molar-refractivity contribution in [2.75, 3.05) is 13.2 Å². The summed E-state index contributed by atoms with van der Waals surface area (Å²) in [5.41, 5.74) is -0.766. The summed E-state index contributed by atoms with van der Waals surface area (Å²) in [7, 11) is -4.25. The lowest BCUT2D eigenvalue weighted by molar-refractivity contribution is -0.142. The smallest absolute Gasteiger partial charge is 0.416 e. The predicted octanol–water partition coefficient (Wildman–Crippen LogP) is 3.56. The maximum Gasteiger partial charge on any atom is 0.416 e. The Balaban J connectivity index is 1.84. The Morgan fingerprint density at radius 1 is 1.07 bits per heavy atom. The summed E-state index contributed by atoms with van der Waals surface area (Å²) in [5.74, 6) is -1.27. The molecule has 2 aromatic carbocycles. The quantitative estimate of drug-likeness (QED) is 0.448. The molecule has 6 nitrogen and oxygen atoms in total. The van der Waals surface area contributed by atoms with E-state index < -0.39 is 58.0 Å². The molecule has 0 aliphatic heterocycles. The molecule has 29 heavy (non-hydrogen) atoms. The second kappa shape index (κ2) is 9.51. The van der Waals surface area contributed by atoms with Crippen LogP contribution in [-0.4, -0.2) is 33.3 Å². The molecule has 0 spiro atoms. The van der Waals surface area contributed by atoms with Gasteiger partial charge in [0.1, 0.15) is 0 Å². The third-order valence-corrected chi connectivity index (χ3v) is 5.61. The first-order chi connectivity index (χ1) is 13.5. The van der Waals surface area contributed by atoms with E-state index in [0.717, 1.165) is 22.7 Å². The number of halogens is 4. The maximum atomic E-state index is 12.7. The van der Waals surface area contributed by atoms with Gasteiger partial charge >= 0.3 is 12.1 Å². The zero-order valence-corrected chi connectivity index (χ0v) is 17.1. The Labute approximate surface area is 173 Å². The van der Waals surface area contributed by atoms with Crippen molar-refractivity contribution >= 4 is 37.7 Å². The molecular formula is C18H15BrF3NO5S. The van der Waals surface area contributed by atoms with E-state index >= 15 is 0 Å². The van der Waals surface area contributed by atoms with Gasteiger partial charge in [0.2, 0.25) is 10.0 Å². The number of ketones is 1. The lowest BCUT2D eigenvalue weighted by Gasteiger charge is -2.10. The van der Waals surface area contributed by atoms with Gasteiger partial charge in [-0.2, -0.15) is 13.2 Å². The summed E-state index contributed by atoms with van der Waals surface area (Å²) in [4.78, 5) is 23.0. The Kier molecular flexibility index (Phi) is 7.55. The molecule has 0 saturated carbocycles. The van der Waals surface area contributed by atoms with E-state index in [1.807, 2.05) is 4.72 Å². The normalized spacial score (nSPS) is 11.9. The summed E-state index contributed by atoms with van der Waals surface area (Å²) in [6, 6.07) is 9.62. The zero-order valence-electron chi connectivity index (χ0n) is 14.7. The molecule has 0 fully saturated rings. The van der Waals surface area contributed by atoms with Gasteiger partial charge in [-0.1, -0.05) is 34.1 Å². The van der Waals surface area contributed by atoms with Crippen LogP contribution in [0.2, 0.25) is 0 Å². The minimum Gasteiger partial charge on any atom is -0.457 e. The van der Waals surface area contributed by atoms with E-state index in [1.165, 1.54) is 0 Å². The average Bonchev–Trinajstić information content (AvgIpc) is 2.66. The SMILES string of the molecule is O=C(CCNS(=O)(=O)c1cccc(C(F)(F)F)c1)OCC(=O)c1ccc(Br)cc1. The van der Waals surface area contributed by atoms with Crippen LogP contribution in [0.4, 0.5) is 13.2 Å². The van der Waals surface area contributed by atoms with E-state index in [0.29, 0.717) is 11.6 Å². The van der Waals surface area contributed by atoms with Gasteiger partial charge in [-0.15, -0.1) is 0 Å². The molecule has 0 aliphatic rings. The number of rotatable bonds is 8. The molecular weight excluding hydrogens is 479 g/mol. The van der Waals surface area contributed by atoms with E-state index in [2.05, 4.69) is 15.9 Å². The molecule has 0 aliphatic carbocycles. The van der Waals surface area contributed by atoms with Gasteiger partial charge in [0.05, 0.1) is 16.9 Å². The molecule has 0 saturated heterocycles. The fourth-order valence-corrected chi connectivity index (χ4v) is 3.49. The number of sulfonamides is 1. The van der Waals surface area contributed by atoms with Crippen LogP contribution >= 0.6 is 15.9 Å². The van der Waals surface area contributed by atoms with Gasteiger partial charge in [0.15, 0.2) is 12.4 Å². The van der Waals surface area contributed by atoms with Gasteiger partial charge in [-0.3, -0.25) is 9.59 Å². The van der Waals surface area contributed by atoms with E-state index in [4.69, 9.17) is 4.74 Å². The highest BCUT2D eigenvalue weighted by Crippen LogP contribution is 2.30. The van der Waals surface area contributed by atoms with E-state index in [9.17, 15) is 31.2 Å². The van der Waals surface area contributed by atoms with Gasteiger partial charge in [0, 0.05) is 16.6 Å². The molecule has 2 rings (SSSR count). The van der Waals surface area contributed by atoms with Crippen LogP contribution in [0.15, 0.2) is 57.9 Å². The van der Waals surface area contributed by atoms with E-state index in [1.54, 1.807) is 24.3 Å². The second-order valence-corrected chi connectivity index (χ2v) is 8.45. The topological polar surface area (TPSA) is 89.5 Å². The Morgan fingerprint density at radius 2 is 1.72 bits per heavy atom. The number of carbonyl (C=O) groups excluding carboxylic acids is 2. The molecule has 0 bridgehead atoms. The number of alkyl halides is 3. The maximum absolute atomic E-state index is 12.7. The lowest BCUT2D eigenvalue weighted by atomic mass is 10.1.